The molecular weight excluding hydrogens is 416 g/mol. The van der Waals surface area contributed by atoms with Crippen LogP contribution in [0.5, 0.6) is 0 Å². The summed E-state index contributed by atoms with van der Waals surface area (Å²) in [5.41, 5.74) is 2.40. The summed E-state index contributed by atoms with van der Waals surface area (Å²) in [4.78, 5) is 28.1. The molecule has 31 heavy (non-hydrogen) atoms. The van der Waals surface area contributed by atoms with Gasteiger partial charge in [-0.3, -0.25) is 4.79 Å². The van der Waals surface area contributed by atoms with Gasteiger partial charge in [0.25, 0.3) is 5.91 Å². The number of rotatable bonds is 5. The van der Waals surface area contributed by atoms with Crippen molar-refractivity contribution in [2.45, 2.75) is 42.7 Å². The number of hydrogen-bond acceptors (Lipinski definition) is 4. The summed E-state index contributed by atoms with van der Waals surface area (Å²) < 4.78 is 23.3. The molecule has 2 amide bonds. The molecule has 2 fully saturated rings. The number of carbonyl (C=O) groups excluding carboxylic acids is 1. The minimum absolute atomic E-state index is 0.00440. The highest BCUT2D eigenvalue weighted by atomic mass is 32.2. The number of benzene rings is 2. The Balaban J connectivity index is 1.48. The Morgan fingerprint density at radius 2 is 1.35 bits per heavy atom. The lowest BCUT2D eigenvalue weighted by Gasteiger charge is -2.38. The van der Waals surface area contributed by atoms with Crippen molar-refractivity contribution in [3.63, 3.8) is 0 Å². The van der Waals surface area contributed by atoms with Crippen molar-refractivity contribution in [2.24, 2.45) is 0 Å². The number of hydrogen-bond donors (Lipinski definition) is 1. The summed E-state index contributed by atoms with van der Waals surface area (Å²) in [5, 5.41) is 9.16. The molecule has 0 radical (unpaired) electrons. The minimum Gasteiger partial charge on any atom is -0.465 e. The van der Waals surface area contributed by atoms with Crippen LogP contribution in [0.15, 0.2) is 53.4 Å². The van der Waals surface area contributed by atoms with Gasteiger partial charge >= 0.3 is 6.09 Å². The first-order valence-corrected chi connectivity index (χ1v) is 12.3. The molecule has 0 aromatic heterocycles. The van der Waals surface area contributed by atoms with E-state index in [0.29, 0.717) is 31.5 Å². The lowest BCUT2D eigenvalue weighted by molar-refractivity contribution is 0.0551. The molecule has 1 N–H and O–H groups in total. The first kappa shape index (κ1) is 21.4. The normalized spacial score (nSPS) is 17.4. The van der Waals surface area contributed by atoms with Crippen LogP contribution in [0.25, 0.3) is 11.1 Å². The van der Waals surface area contributed by atoms with Gasteiger partial charge in [0.2, 0.25) is 0 Å². The van der Waals surface area contributed by atoms with E-state index in [1.807, 2.05) is 29.2 Å². The van der Waals surface area contributed by atoms with Gasteiger partial charge in [-0.25, -0.2) is 13.2 Å². The summed E-state index contributed by atoms with van der Waals surface area (Å²) >= 11 is 0. The maximum Gasteiger partial charge on any atom is 0.407 e. The first-order valence-electron chi connectivity index (χ1n) is 10.4. The van der Waals surface area contributed by atoms with E-state index in [9.17, 15) is 18.0 Å². The summed E-state index contributed by atoms with van der Waals surface area (Å²) in [7, 11) is -3.24. The first-order chi connectivity index (χ1) is 14.7. The Kier molecular flexibility index (Phi) is 5.75. The highest BCUT2D eigenvalue weighted by Crippen LogP contribution is 2.33. The van der Waals surface area contributed by atoms with Crippen LogP contribution in [-0.2, 0) is 9.84 Å². The second kappa shape index (κ2) is 8.34. The molecule has 2 aliphatic rings. The van der Waals surface area contributed by atoms with Gasteiger partial charge in [0.05, 0.1) is 4.90 Å². The molecule has 2 aromatic carbocycles. The molecule has 0 atom stereocenters. The number of amides is 2. The molecule has 1 aliphatic carbocycles. The van der Waals surface area contributed by atoms with E-state index in [4.69, 9.17) is 5.11 Å². The number of nitrogens with zero attached hydrogens (tertiary/aromatic N) is 2. The van der Waals surface area contributed by atoms with Crippen molar-refractivity contribution in [3.8, 4) is 11.1 Å². The highest BCUT2D eigenvalue weighted by molar-refractivity contribution is 7.90. The lowest BCUT2D eigenvalue weighted by Crippen LogP contribution is -2.49. The summed E-state index contributed by atoms with van der Waals surface area (Å²) in [5.74, 6) is -0.00440. The predicted octanol–water partition coefficient (Wildman–Crippen LogP) is 3.50. The van der Waals surface area contributed by atoms with Crippen molar-refractivity contribution in [3.05, 3.63) is 54.1 Å². The zero-order valence-corrected chi connectivity index (χ0v) is 18.2. The van der Waals surface area contributed by atoms with E-state index in [-0.39, 0.29) is 22.9 Å². The third-order valence-electron chi connectivity index (χ3n) is 6.05. The maximum atomic E-state index is 13.3. The van der Waals surface area contributed by atoms with Crippen LogP contribution in [0.4, 0.5) is 4.79 Å². The Hall–Kier alpha value is -2.87. The quantitative estimate of drug-likeness (QED) is 0.765. The van der Waals surface area contributed by atoms with E-state index in [1.54, 1.807) is 24.3 Å². The average molecular weight is 443 g/mol. The van der Waals surface area contributed by atoms with Gasteiger partial charge in [0.1, 0.15) is 0 Å². The molecule has 1 saturated carbocycles. The molecule has 8 heteroatoms. The number of likely N-dealkylation sites (tertiary alicyclic amines) is 1. The maximum absolute atomic E-state index is 13.3. The third kappa shape index (κ3) is 4.74. The van der Waals surface area contributed by atoms with Crippen molar-refractivity contribution in [2.75, 3.05) is 19.3 Å². The molecule has 0 spiro atoms. The second-order valence-electron chi connectivity index (χ2n) is 8.32. The van der Waals surface area contributed by atoms with Crippen molar-refractivity contribution < 1.29 is 23.1 Å². The highest BCUT2D eigenvalue weighted by Gasteiger charge is 2.39. The fourth-order valence-electron chi connectivity index (χ4n) is 4.17. The zero-order chi connectivity index (χ0) is 22.2. The van der Waals surface area contributed by atoms with Gasteiger partial charge < -0.3 is 14.9 Å². The van der Waals surface area contributed by atoms with Gasteiger partial charge in [-0.1, -0.05) is 24.3 Å². The minimum atomic E-state index is -3.24. The molecule has 1 heterocycles. The average Bonchev–Trinajstić information content (AvgIpc) is 3.59. The fourth-order valence-corrected chi connectivity index (χ4v) is 4.80. The smallest absolute Gasteiger partial charge is 0.407 e. The summed E-state index contributed by atoms with van der Waals surface area (Å²) in [6.07, 6.45) is 3.60. The number of sulfone groups is 1. The van der Waals surface area contributed by atoms with E-state index in [1.165, 1.54) is 11.2 Å². The van der Waals surface area contributed by atoms with Crippen LogP contribution >= 0.6 is 0 Å². The van der Waals surface area contributed by atoms with Gasteiger partial charge in [-0.15, -0.1) is 0 Å². The van der Waals surface area contributed by atoms with Gasteiger partial charge in [0.15, 0.2) is 9.84 Å². The monoisotopic (exact) mass is 442 g/mol. The molecule has 4 rings (SSSR count). The van der Waals surface area contributed by atoms with Gasteiger partial charge in [-0.2, -0.15) is 0 Å². The van der Waals surface area contributed by atoms with E-state index < -0.39 is 15.9 Å². The molecule has 7 nitrogen and oxygen atoms in total. The largest absolute Gasteiger partial charge is 0.465 e. The molecule has 0 bridgehead atoms. The fraction of sp³-hybridized carbons (Fsp3) is 0.391. The Morgan fingerprint density at radius 3 is 1.81 bits per heavy atom. The standard InChI is InChI=1S/C23H26N2O5S/c1-31(29,30)21-10-6-17(7-11-21)16-2-4-18(5-3-16)22(26)25(19-8-9-19)20-12-14-24(15-13-20)23(27)28/h2-7,10-11,19-20H,8-9,12-15H2,1H3,(H,27,28). The third-order valence-corrected chi connectivity index (χ3v) is 7.18. The van der Waals surface area contributed by atoms with Gasteiger partial charge in [0, 0.05) is 37.0 Å². The number of carboxylic acid groups (broad SMARTS) is 1. The lowest BCUT2D eigenvalue weighted by atomic mass is 10.0. The SMILES string of the molecule is CS(=O)(=O)c1ccc(-c2ccc(C(=O)N(C3CC3)C3CCN(C(=O)O)CC3)cc2)cc1. The summed E-state index contributed by atoms with van der Waals surface area (Å²) in [6.45, 7) is 0.915. The molecule has 1 saturated heterocycles. The number of carbonyl (C=O) groups is 2. The zero-order valence-electron chi connectivity index (χ0n) is 17.4. The topological polar surface area (TPSA) is 95.0 Å². The van der Waals surface area contributed by atoms with Crippen LogP contribution in [0, 0.1) is 0 Å². The molecular formula is C23H26N2O5S. The van der Waals surface area contributed by atoms with E-state index in [2.05, 4.69) is 0 Å². The van der Waals surface area contributed by atoms with Crippen LogP contribution in [0.1, 0.15) is 36.0 Å². The molecule has 1 aliphatic heterocycles. The summed E-state index contributed by atoms with van der Waals surface area (Å²) in [6, 6.07) is 14.4. The Labute approximate surface area is 182 Å². The van der Waals surface area contributed by atoms with Crippen molar-refractivity contribution >= 4 is 21.8 Å². The molecule has 2 aromatic rings. The molecule has 164 valence electrons. The van der Waals surface area contributed by atoms with Crippen molar-refractivity contribution in [1.29, 1.82) is 0 Å². The Morgan fingerprint density at radius 1 is 0.871 bits per heavy atom. The predicted molar refractivity (Wildman–Crippen MR) is 117 cm³/mol. The number of piperidine rings is 1. The van der Waals surface area contributed by atoms with Gasteiger partial charge in [-0.05, 0) is 61.1 Å². The molecule has 0 unspecified atom stereocenters. The second-order valence-corrected chi connectivity index (χ2v) is 10.3. The van der Waals surface area contributed by atoms with Crippen LogP contribution in [-0.4, -0.2) is 66.8 Å². The van der Waals surface area contributed by atoms with Crippen LogP contribution < -0.4 is 0 Å². The van der Waals surface area contributed by atoms with Crippen molar-refractivity contribution in [1.82, 2.24) is 9.80 Å². The van der Waals surface area contributed by atoms with E-state index in [0.717, 1.165) is 24.0 Å². The van der Waals surface area contributed by atoms with Crippen LogP contribution in [0.2, 0.25) is 0 Å². The van der Waals surface area contributed by atoms with Crippen LogP contribution in [0.3, 0.4) is 0 Å². The Bertz CT molecular complexity index is 1070. The van der Waals surface area contributed by atoms with E-state index >= 15 is 0 Å².